The third-order valence-corrected chi connectivity index (χ3v) is 4.11. The minimum Gasteiger partial charge on any atom is -0.481 e. The number of aliphatic carboxylic acids is 1. The van der Waals surface area contributed by atoms with Gasteiger partial charge in [-0.25, -0.2) is 9.97 Å². The van der Waals surface area contributed by atoms with Crippen molar-refractivity contribution in [3.63, 3.8) is 0 Å². The van der Waals surface area contributed by atoms with Gasteiger partial charge < -0.3 is 9.67 Å². The van der Waals surface area contributed by atoms with Gasteiger partial charge in [0.1, 0.15) is 10.9 Å². The second kappa shape index (κ2) is 4.75. The van der Waals surface area contributed by atoms with Crippen LogP contribution in [0.2, 0.25) is 0 Å². The van der Waals surface area contributed by atoms with E-state index in [1.165, 1.54) is 0 Å². The maximum atomic E-state index is 11.4. The predicted molar refractivity (Wildman–Crippen MR) is 69.8 cm³/mol. The number of thiazole rings is 1. The number of carbonyl (C=O) groups is 1. The maximum absolute atomic E-state index is 11.4. The molecule has 0 aliphatic carbocycles. The van der Waals surface area contributed by atoms with Gasteiger partial charge in [0.25, 0.3) is 0 Å². The third kappa shape index (κ3) is 2.26. The number of hydrogen-bond acceptors (Lipinski definition) is 5. The van der Waals surface area contributed by atoms with Crippen molar-refractivity contribution in [3.8, 4) is 0 Å². The first-order valence-electron chi connectivity index (χ1n) is 5.98. The van der Waals surface area contributed by atoms with E-state index in [0.717, 1.165) is 16.4 Å². The van der Waals surface area contributed by atoms with Crippen LogP contribution >= 0.6 is 11.3 Å². The van der Waals surface area contributed by atoms with Crippen LogP contribution in [0.15, 0.2) is 17.9 Å². The molecule has 1 unspecified atom stereocenters. The maximum Gasteiger partial charge on any atom is 0.313 e. The minimum absolute atomic E-state index is 0.501. The molecule has 0 bridgehead atoms. The summed E-state index contributed by atoms with van der Waals surface area (Å²) in [6.07, 6.45) is 3.46. The number of fused-ring (bicyclic) bond motifs is 1. The van der Waals surface area contributed by atoms with E-state index < -0.39 is 11.9 Å². The van der Waals surface area contributed by atoms with E-state index >= 15 is 0 Å². The Bertz CT molecular complexity index is 593. The number of carboxylic acid groups (broad SMARTS) is 1. The standard InChI is InChI=1S/C12H14N4O2S/c1-15-7-14-9-5-16(6-10-13-2-3-19-10)4-8(11(9)15)12(17)18/h2-3,7-8H,4-6H2,1H3,(H,17,18). The number of imidazole rings is 1. The number of rotatable bonds is 3. The molecule has 6 nitrogen and oxygen atoms in total. The van der Waals surface area contributed by atoms with Crippen molar-refractivity contribution < 1.29 is 9.90 Å². The number of hydrogen-bond donors (Lipinski definition) is 1. The molecule has 0 saturated heterocycles. The van der Waals surface area contributed by atoms with E-state index in [1.807, 2.05) is 17.0 Å². The normalized spacial score (nSPS) is 19.3. The lowest BCUT2D eigenvalue weighted by Crippen LogP contribution is -2.37. The zero-order valence-electron chi connectivity index (χ0n) is 10.5. The van der Waals surface area contributed by atoms with E-state index in [9.17, 15) is 9.90 Å². The largest absolute Gasteiger partial charge is 0.481 e. The molecule has 0 fully saturated rings. The molecule has 2 aromatic heterocycles. The Morgan fingerprint density at radius 3 is 3.11 bits per heavy atom. The lowest BCUT2D eigenvalue weighted by molar-refractivity contribution is -0.139. The molecule has 19 heavy (non-hydrogen) atoms. The quantitative estimate of drug-likeness (QED) is 0.909. The zero-order chi connectivity index (χ0) is 13.4. The summed E-state index contributed by atoms with van der Waals surface area (Å²) in [5.41, 5.74) is 1.68. The Labute approximate surface area is 114 Å². The van der Waals surface area contributed by atoms with Crippen LogP contribution in [0.3, 0.4) is 0 Å². The van der Waals surface area contributed by atoms with E-state index in [2.05, 4.69) is 14.9 Å². The van der Waals surface area contributed by atoms with E-state index in [-0.39, 0.29) is 0 Å². The molecular formula is C12H14N4O2S. The first-order valence-corrected chi connectivity index (χ1v) is 6.86. The van der Waals surface area contributed by atoms with Crippen molar-refractivity contribution in [2.45, 2.75) is 19.0 Å². The van der Waals surface area contributed by atoms with Crippen molar-refractivity contribution >= 4 is 17.3 Å². The lowest BCUT2D eigenvalue weighted by Gasteiger charge is -2.30. The molecule has 0 aromatic carbocycles. The fraction of sp³-hybridized carbons (Fsp3) is 0.417. The zero-order valence-corrected chi connectivity index (χ0v) is 11.3. The Hall–Kier alpha value is -1.73. The van der Waals surface area contributed by atoms with Gasteiger partial charge in [0.2, 0.25) is 0 Å². The number of aryl methyl sites for hydroxylation is 1. The summed E-state index contributed by atoms with van der Waals surface area (Å²) in [7, 11) is 1.85. The second-order valence-electron chi connectivity index (χ2n) is 4.67. The Morgan fingerprint density at radius 1 is 1.58 bits per heavy atom. The van der Waals surface area contributed by atoms with Gasteiger partial charge in [-0.05, 0) is 0 Å². The molecule has 3 heterocycles. The van der Waals surface area contributed by atoms with Crippen molar-refractivity contribution in [2.24, 2.45) is 7.05 Å². The smallest absolute Gasteiger partial charge is 0.313 e. The molecule has 7 heteroatoms. The van der Waals surface area contributed by atoms with Gasteiger partial charge in [0.05, 0.1) is 24.3 Å². The van der Waals surface area contributed by atoms with Crippen LogP contribution < -0.4 is 0 Å². The highest BCUT2D eigenvalue weighted by molar-refractivity contribution is 7.09. The fourth-order valence-corrected chi connectivity index (χ4v) is 3.17. The summed E-state index contributed by atoms with van der Waals surface area (Å²) in [5.74, 6) is -1.31. The predicted octanol–water partition coefficient (Wildman–Crippen LogP) is 1.06. The van der Waals surface area contributed by atoms with Crippen LogP contribution in [0, 0.1) is 0 Å². The van der Waals surface area contributed by atoms with Gasteiger partial charge in [-0.15, -0.1) is 11.3 Å². The lowest BCUT2D eigenvalue weighted by atomic mass is 9.98. The molecule has 0 spiro atoms. The van der Waals surface area contributed by atoms with Gasteiger partial charge in [-0.1, -0.05) is 0 Å². The van der Waals surface area contributed by atoms with E-state index in [1.54, 1.807) is 23.9 Å². The summed E-state index contributed by atoms with van der Waals surface area (Å²) in [6, 6.07) is 0. The molecule has 1 atom stereocenters. The monoisotopic (exact) mass is 278 g/mol. The van der Waals surface area contributed by atoms with E-state index in [0.29, 0.717) is 19.6 Å². The summed E-state index contributed by atoms with van der Waals surface area (Å²) in [4.78, 5) is 22.1. The van der Waals surface area contributed by atoms with Gasteiger partial charge >= 0.3 is 5.97 Å². The highest BCUT2D eigenvalue weighted by Gasteiger charge is 2.33. The SMILES string of the molecule is Cn1cnc2c1C(C(=O)O)CN(Cc1nccs1)C2. The van der Waals surface area contributed by atoms with Crippen molar-refractivity contribution in [1.29, 1.82) is 0 Å². The topological polar surface area (TPSA) is 71.2 Å². The van der Waals surface area contributed by atoms with E-state index in [4.69, 9.17) is 0 Å². The molecule has 100 valence electrons. The molecule has 1 N–H and O–H groups in total. The van der Waals surface area contributed by atoms with Crippen LogP contribution in [0.25, 0.3) is 0 Å². The molecule has 1 aliphatic heterocycles. The van der Waals surface area contributed by atoms with Gasteiger partial charge in [0.15, 0.2) is 0 Å². The molecular weight excluding hydrogens is 264 g/mol. The number of nitrogens with zero attached hydrogens (tertiary/aromatic N) is 4. The van der Waals surface area contributed by atoms with Crippen LogP contribution in [-0.2, 0) is 24.9 Å². The third-order valence-electron chi connectivity index (χ3n) is 3.35. The van der Waals surface area contributed by atoms with Gasteiger partial charge in [-0.3, -0.25) is 9.69 Å². The average Bonchev–Trinajstić information content (AvgIpc) is 2.99. The number of carboxylic acids is 1. The molecule has 1 aliphatic rings. The van der Waals surface area contributed by atoms with Gasteiger partial charge in [-0.2, -0.15) is 0 Å². The molecule has 0 amide bonds. The highest BCUT2D eigenvalue weighted by atomic mass is 32.1. The van der Waals surface area contributed by atoms with Gasteiger partial charge in [0, 0.05) is 31.7 Å². The minimum atomic E-state index is -0.798. The summed E-state index contributed by atoms with van der Waals surface area (Å²) in [5, 5.41) is 12.3. The van der Waals surface area contributed by atoms with Crippen LogP contribution in [0.1, 0.15) is 22.3 Å². The summed E-state index contributed by atoms with van der Waals surface area (Å²) in [6.45, 7) is 1.86. The first kappa shape index (κ1) is 12.3. The second-order valence-corrected chi connectivity index (χ2v) is 5.65. The first-order chi connectivity index (χ1) is 9.15. The molecule has 3 rings (SSSR count). The highest BCUT2D eigenvalue weighted by Crippen LogP contribution is 2.28. The van der Waals surface area contributed by atoms with Crippen LogP contribution in [0.5, 0.6) is 0 Å². The van der Waals surface area contributed by atoms with Crippen molar-refractivity contribution in [1.82, 2.24) is 19.4 Å². The van der Waals surface area contributed by atoms with Crippen LogP contribution in [-0.4, -0.2) is 37.1 Å². The van der Waals surface area contributed by atoms with Crippen molar-refractivity contribution in [3.05, 3.63) is 34.3 Å². The molecule has 2 aromatic rings. The number of aromatic nitrogens is 3. The molecule has 0 saturated carbocycles. The summed E-state index contributed by atoms with van der Waals surface area (Å²) >= 11 is 1.59. The Kier molecular flexibility index (Phi) is 3.08. The van der Waals surface area contributed by atoms with Crippen molar-refractivity contribution in [2.75, 3.05) is 6.54 Å². The average molecular weight is 278 g/mol. The fourth-order valence-electron chi connectivity index (χ4n) is 2.52. The summed E-state index contributed by atoms with van der Waals surface area (Å²) < 4.78 is 1.81. The molecule has 0 radical (unpaired) electrons. The Morgan fingerprint density at radius 2 is 2.42 bits per heavy atom. The van der Waals surface area contributed by atoms with Crippen LogP contribution in [0.4, 0.5) is 0 Å². The Balaban J connectivity index is 1.86.